The van der Waals surface area contributed by atoms with Crippen molar-refractivity contribution in [3.05, 3.63) is 28.8 Å². The van der Waals surface area contributed by atoms with Gasteiger partial charge in [0.1, 0.15) is 16.7 Å². The number of allylic oxidation sites excluding steroid dienone is 2. The molecule has 0 atom stereocenters. The molecule has 1 aliphatic rings. The Morgan fingerprint density at radius 3 is 2.72 bits per heavy atom. The third-order valence-electron chi connectivity index (χ3n) is 2.16. The molecule has 18 heavy (non-hydrogen) atoms. The van der Waals surface area contributed by atoms with Crippen LogP contribution in [0.1, 0.15) is 6.92 Å². The van der Waals surface area contributed by atoms with E-state index in [9.17, 15) is 13.2 Å². The zero-order valence-electron chi connectivity index (χ0n) is 9.13. The zero-order chi connectivity index (χ0) is 13.3. The lowest BCUT2D eigenvalue weighted by atomic mass is 10.2. The lowest BCUT2D eigenvalue weighted by Gasteiger charge is -2.19. The van der Waals surface area contributed by atoms with Crippen LogP contribution in [0.25, 0.3) is 0 Å². The number of hydrogen-bond acceptors (Lipinski definition) is 4. The van der Waals surface area contributed by atoms with Crippen LogP contribution in [0.15, 0.2) is 33.7 Å². The summed E-state index contributed by atoms with van der Waals surface area (Å²) in [4.78, 5) is 0.950. The number of ether oxygens (including phenoxy) is 1. The molecule has 0 saturated heterocycles. The predicted octanol–water partition coefficient (Wildman–Crippen LogP) is 3.86. The lowest BCUT2D eigenvalue weighted by molar-refractivity contribution is -0.274. The minimum absolute atomic E-state index is 0.299. The molecule has 1 aromatic rings. The largest absolute Gasteiger partial charge is 0.573 e. The molecule has 0 unspecified atom stereocenters. The molecule has 1 heterocycles. The molecule has 1 aliphatic heterocycles. The summed E-state index contributed by atoms with van der Waals surface area (Å²) < 4.78 is 40.0. The number of halogens is 3. The number of rotatable bonds is 1. The van der Waals surface area contributed by atoms with Crippen molar-refractivity contribution >= 4 is 17.4 Å². The van der Waals surface area contributed by atoms with E-state index in [0.717, 1.165) is 11.8 Å². The molecule has 0 amide bonds. The zero-order valence-corrected chi connectivity index (χ0v) is 9.95. The quantitative estimate of drug-likeness (QED) is 0.843. The van der Waals surface area contributed by atoms with Gasteiger partial charge in [-0.3, -0.25) is 0 Å². The third kappa shape index (κ3) is 2.71. The van der Waals surface area contributed by atoms with Crippen molar-refractivity contribution in [2.24, 2.45) is 0 Å². The fourth-order valence-electron chi connectivity index (χ4n) is 1.44. The van der Waals surface area contributed by atoms with Crippen molar-refractivity contribution < 1.29 is 17.9 Å². The molecular formula is C11H7F3N2OS. The van der Waals surface area contributed by atoms with Crippen LogP contribution in [-0.4, -0.2) is 6.36 Å². The summed E-state index contributed by atoms with van der Waals surface area (Å²) in [6.45, 7) is 1.73. The Labute approximate surface area is 105 Å². The molecule has 0 aliphatic carbocycles. The van der Waals surface area contributed by atoms with E-state index in [1.54, 1.807) is 6.92 Å². The second-order valence-corrected chi connectivity index (χ2v) is 4.55. The average Bonchev–Trinajstić information content (AvgIpc) is 2.26. The fourth-order valence-corrected chi connectivity index (χ4v) is 2.31. The molecule has 0 saturated carbocycles. The van der Waals surface area contributed by atoms with Gasteiger partial charge < -0.3 is 10.1 Å². The molecule has 0 radical (unpaired) electrons. The van der Waals surface area contributed by atoms with Gasteiger partial charge in [-0.15, -0.1) is 13.2 Å². The number of nitrogens with one attached hydrogen (secondary N) is 1. The first-order chi connectivity index (χ1) is 8.39. The van der Waals surface area contributed by atoms with Crippen molar-refractivity contribution in [2.45, 2.75) is 18.2 Å². The Morgan fingerprint density at radius 2 is 2.11 bits per heavy atom. The van der Waals surface area contributed by atoms with Crippen molar-refractivity contribution in [1.29, 1.82) is 5.26 Å². The van der Waals surface area contributed by atoms with Gasteiger partial charge in [-0.2, -0.15) is 5.26 Å². The van der Waals surface area contributed by atoms with Crippen molar-refractivity contribution in [3.63, 3.8) is 0 Å². The fraction of sp³-hybridized carbons (Fsp3) is 0.182. The first-order valence-electron chi connectivity index (χ1n) is 4.85. The average molecular weight is 272 g/mol. The molecular weight excluding hydrogens is 265 g/mol. The number of thioether (sulfide) groups is 1. The van der Waals surface area contributed by atoms with E-state index in [4.69, 9.17) is 5.26 Å². The second kappa shape index (κ2) is 4.46. The minimum atomic E-state index is -4.72. The maximum absolute atomic E-state index is 12.1. The highest BCUT2D eigenvalue weighted by atomic mass is 32.2. The number of hydrogen-bond donors (Lipinski definition) is 1. The predicted molar refractivity (Wildman–Crippen MR) is 60.9 cm³/mol. The smallest absolute Gasteiger partial charge is 0.406 e. The SMILES string of the molecule is CC1=C(C#N)Sc2cc(OC(F)(F)F)ccc2N1. The number of nitriles is 1. The number of fused-ring (bicyclic) bond motifs is 1. The van der Waals surface area contributed by atoms with Crippen LogP contribution in [0.2, 0.25) is 0 Å². The Morgan fingerprint density at radius 1 is 1.39 bits per heavy atom. The van der Waals surface area contributed by atoms with E-state index >= 15 is 0 Å². The van der Waals surface area contributed by atoms with Crippen LogP contribution in [0.5, 0.6) is 5.75 Å². The molecule has 0 fully saturated rings. The van der Waals surface area contributed by atoms with E-state index in [1.807, 2.05) is 6.07 Å². The summed E-state index contributed by atoms with van der Waals surface area (Å²) in [5.74, 6) is -0.299. The number of benzene rings is 1. The molecule has 0 bridgehead atoms. The maximum Gasteiger partial charge on any atom is 0.573 e. The molecule has 1 N–H and O–H groups in total. The van der Waals surface area contributed by atoms with Crippen LogP contribution in [0.3, 0.4) is 0 Å². The molecule has 1 aromatic carbocycles. The van der Waals surface area contributed by atoms with Gasteiger partial charge in [0, 0.05) is 10.6 Å². The normalized spacial score (nSPS) is 14.6. The highest BCUT2D eigenvalue weighted by molar-refractivity contribution is 8.03. The second-order valence-electron chi connectivity index (χ2n) is 3.50. The van der Waals surface area contributed by atoms with E-state index in [0.29, 0.717) is 21.2 Å². The van der Waals surface area contributed by atoms with Gasteiger partial charge in [0.2, 0.25) is 0 Å². The van der Waals surface area contributed by atoms with Crippen LogP contribution in [-0.2, 0) is 0 Å². The summed E-state index contributed by atoms with van der Waals surface area (Å²) in [5.41, 5.74) is 1.34. The van der Waals surface area contributed by atoms with E-state index in [-0.39, 0.29) is 5.75 Å². The minimum Gasteiger partial charge on any atom is -0.406 e. The highest BCUT2D eigenvalue weighted by Gasteiger charge is 2.31. The lowest BCUT2D eigenvalue weighted by Crippen LogP contribution is -2.17. The van der Waals surface area contributed by atoms with Gasteiger partial charge in [-0.05, 0) is 25.1 Å². The van der Waals surface area contributed by atoms with Crippen LogP contribution in [0, 0.1) is 11.3 Å². The standard InChI is InChI=1S/C11H7F3N2OS/c1-6-10(5-15)18-9-4-7(17-11(12,13)14)2-3-8(9)16-6/h2-4,16H,1H3. The first-order valence-corrected chi connectivity index (χ1v) is 5.66. The van der Waals surface area contributed by atoms with Crippen molar-refractivity contribution in [3.8, 4) is 11.8 Å². The van der Waals surface area contributed by atoms with Crippen LogP contribution in [0.4, 0.5) is 18.9 Å². The topological polar surface area (TPSA) is 45.0 Å². The Bertz CT molecular complexity index is 560. The van der Waals surface area contributed by atoms with Gasteiger partial charge in [0.05, 0.1) is 5.69 Å². The Balaban J connectivity index is 2.29. The molecule has 94 valence electrons. The van der Waals surface area contributed by atoms with E-state index < -0.39 is 6.36 Å². The molecule has 7 heteroatoms. The first kappa shape index (κ1) is 12.6. The number of nitrogens with zero attached hydrogens (tertiary/aromatic N) is 1. The van der Waals surface area contributed by atoms with E-state index in [2.05, 4.69) is 10.1 Å². The maximum atomic E-state index is 12.1. The van der Waals surface area contributed by atoms with Gasteiger partial charge in [-0.25, -0.2) is 0 Å². The Kier molecular flexibility index (Phi) is 3.13. The van der Waals surface area contributed by atoms with Gasteiger partial charge in [-0.1, -0.05) is 11.8 Å². The van der Waals surface area contributed by atoms with Gasteiger partial charge in [0.25, 0.3) is 0 Å². The summed E-state index contributed by atoms with van der Waals surface area (Å²) in [6, 6.07) is 5.95. The van der Waals surface area contributed by atoms with Gasteiger partial charge in [0.15, 0.2) is 0 Å². The monoisotopic (exact) mass is 272 g/mol. The molecule has 3 nitrogen and oxygen atoms in total. The van der Waals surface area contributed by atoms with Gasteiger partial charge >= 0.3 is 6.36 Å². The van der Waals surface area contributed by atoms with Crippen LogP contribution >= 0.6 is 11.8 Å². The van der Waals surface area contributed by atoms with E-state index in [1.165, 1.54) is 18.2 Å². The highest BCUT2D eigenvalue weighted by Crippen LogP contribution is 2.41. The summed E-state index contributed by atoms with van der Waals surface area (Å²) in [5, 5.41) is 11.8. The van der Waals surface area contributed by atoms with Crippen LogP contribution < -0.4 is 10.1 Å². The number of anilines is 1. The van der Waals surface area contributed by atoms with Crippen molar-refractivity contribution in [2.75, 3.05) is 5.32 Å². The summed E-state index contributed by atoms with van der Waals surface area (Å²) in [6.07, 6.45) is -4.72. The number of alkyl halides is 3. The summed E-state index contributed by atoms with van der Waals surface area (Å²) >= 11 is 1.11. The molecule has 0 spiro atoms. The molecule has 2 rings (SSSR count). The Hall–Kier alpha value is -1.81. The van der Waals surface area contributed by atoms with Crippen molar-refractivity contribution in [1.82, 2.24) is 0 Å². The molecule has 0 aromatic heterocycles. The summed E-state index contributed by atoms with van der Waals surface area (Å²) in [7, 11) is 0. The third-order valence-corrected chi connectivity index (χ3v) is 3.32.